The van der Waals surface area contributed by atoms with Gasteiger partial charge in [0.1, 0.15) is 5.75 Å². The molecule has 1 N–H and O–H groups in total. The van der Waals surface area contributed by atoms with Gasteiger partial charge in [0.05, 0.1) is 7.11 Å². The highest BCUT2D eigenvalue weighted by molar-refractivity contribution is 5.41. The second-order valence-corrected chi connectivity index (χ2v) is 4.72. The second-order valence-electron chi connectivity index (χ2n) is 4.72. The zero-order valence-electron chi connectivity index (χ0n) is 12.7. The van der Waals surface area contributed by atoms with Gasteiger partial charge in [-0.15, -0.1) is 0 Å². The van der Waals surface area contributed by atoms with Crippen LogP contribution in [0.5, 0.6) is 5.75 Å². The van der Waals surface area contributed by atoms with Gasteiger partial charge >= 0.3 is 0 Å². The van der Waals surface area contributed by atoms with Gasteiger partial charge in [0.2, 0.25) is 0 Å². The topological polar surface area (TPSA) is 43.4 Å². The molecule has 108 valence electrons. The van der Waals surface area contributed by atoms with Gasteiger partial charge < -0.3 is 14.8 Å². The molecule has 0 saturated heterocycles. The van der Waals surface area contributed by atoms with Gasteiger partial charge in [-0.25, -0.2) is 0 Å². The van der Waals surface area contributed by atoms with Crippen molar-refractivity contribution in [3.05, 3.63) is 23.0 Å². The number of aryl methyl sites for hydroxylation is 1. The molecule has 0 bridgehead atoms. The number of ether oxygens (including phenoxy) is 2. The van der Waals surface area contributed by atoms with Crippen LogP contribution in [0.15, 0.2) is 6.20 Å². The third-order valence-corrected chi connectivity index (χ3v) is 3.41. The van der Waals surface area contributed by atoms with Crippen molar-refractivity contribution in [2.45, 2.75) is 39.7 Å². The van der Waals surface area contributed by atoms with Crippen molar-refractivity contribution in [3.8, 4) is 5.75 Å². The number of methoxy groups -OCH3 is 1. The summed E-state index contributed by atoms with van der Waals surface area (Å²) in [6.45, 7) is 7.66. The molecule has 0 spiro atoms. The quantitative estimate of drug-likeness (QED) is 0.733. The molecule has 0 aliphatic carbocycles. The maximum Gasteiger partial charge on any atom is 0.128 e. The summed E-state index contributed by atoms with van der Waals surface area (Å²) in [6.07, 6.45) is 3.77. The number of hydrogen-bond acceptors (Lipinski definition) is 4. The predicted octanol–water partition coefficient (Wildman–Crippen LogP) is 2.26. The first-order valence-corrected chi connectivity index (χ1v) is 6.88. The number of aromatic nitrogens is 1. The first-order chi connectivity index (χ1) is 9.13. The monoisotopic (exact) mass is 266 g/mol. The van der Waals surface area contributed by atoms with Crippen LogP contribution in [0.1, 0.15) is 30.2 Å². The summed E-state index contributed by atoms with van der Waals surface area (Å²) in [5.41, 5.74) is 3.32. The lowest BCUT2D eigenvalue weighted by atomic mass is 10.0. The Labute approximate surface area is 116 Å². The van der Waals surface area contributed by atoms with Crippen LogP contribution in [0.2, 0.25) is 0 Å². The Bertz CT molecular complexity index is 394. The summed E-state index contributed by atoms with van der Waals surface area (Å²) in [6, 6.07) is 0.380. The lowest BCUT2D eigenvalue weighted by molar-refractivity contribution is 0.137. The molecule has 0 fully saturated rings. The minimum absolute atomic E-state index is 0.380. The van der Waals surface area contributed by atoms with Crippen LogP contribution in [0.4, 0.5) is 0 Å². The minimum Gasteiger partial charge on any atom is -0.496 e. The summed E-state index contributed by atoms with van der Waals surface area (Å²) in [7, 11) is 3.70. The van der Waals surface area contributed by atoms with Gasteiger partial charge in [0.15, 0.2) is 0 Å². The Balaban J connectivity index is 2.74. The van der Waals surface area contributed by atoms with Crippen molar-refractivity contribution in [1.29, 1.82) is 0 Å². The van der Waals surface area contributed by atoms with Crippen LogP contribution in [-0.4, -0.2) is 38.4 Å². The predicted molar refractivity (Wildman–Crippen MR) is 77.9 cm³/mol. The molecule has 19 heavy (non-hydrogen) atoms. The van der Waals surface area contributed by atoms with Crippen molar-refractivity contribution >= 4 is 0 Å². The maximum absolute atomic E-state index is 5.45. The van der Waals surface area contributed by atoms with Crippen LogP contribution in [-0.2, 0) is 11.2 Å². The molecule has 0 radical (unpaired) electrons. The molecule has 4 heteroatoms. The van der Waals surface area contributed by atoms with Crippen LogP contribution in [0.25, 0.3) is 0 Å². The largest absolute Gasteiger partial charge is 0.496 e. The highest BCUT2D eigenvalue weighted by atomic mass is 16.5. The van der Waals surface area contributed by atoms with Gasteiger partial charge in [-0.2, -0.15) is 0 Å². The highest BCUT2D eigenvalue weighted by Crippen LogP contribution is 2.24. The van der Waals surface area contributed by atoms with Crippen LogP contribution in [0.3, 0.4) is 0 Å². The van der Waals surface area contributed by atoms with Crippen molar-refractivity contribution in [2.75, 3.05) is 27.4 Å². The fourth-order valence-corrected chi connectivity index (χ4v) is 2.23. The molecule has 0 saturated carbocycles. The molecule has 1 unspecified atom stereocenters. The summed E-state index contributed by atoms with van der Waals surface area (Å²) in [5.74, 6) is 0.949. The molecular weight excluding hydrogens is 240 g/mol. The fourth-order valence-electron chi connectivity index (χ4n) is 2.23. The molecule has 0 aliphatic rings. The van der Waals surface area contributed by atoms with Crippen LogP contribution in [0, 0.1) is 13.8 Å². The number of nitrogens with zero attached hydrogens (tertiary/aromatic N) is 1. The van der Waals surface area contributed by atoms with E-state index in [0.29, 0.717) is 6.04 Å². The van der Waals surface area contributed by atoms with Crippen LogP contribution >= 0.6 is 0 Å². The lowest BCUT2D eigenvalue weighted by Gasteiger charge is -2.18. The summed E-state index contributed by atoms with van der Waals surface area (Å²) in [4.78, 5) is 4.54. The molecule has 0 amide bonds. The fraction of sp³-hybridized carbons (Fsp3) is 0.667. The van der Waals surface area contributed by atoms with Gasteiger partial charge in [-0.3, -0.25) is 4.98 Å². The minimum atomic E-state index is 0.380. The molecule has 1 aromatic rings. The van der Waals surface area contributed by atoms with Crippen LogP contribution < -0.4 is 10.1 Å². The third kappa shape index (κ3) is 4.48. The Kier molecular flexibility index (Phi) is 6.81. The zero-order chi connectivity index (χ0) is 14.3. The van der Waals surface area contributed by atoms with Crippen molar-refractivity contribution in [2.24, 2.45) is 0 Å². The normalized spacial score (nSPS) is 12.5. The molecule has 1 heterocycles. The Morgan fingerprint density at radius 2 is 2.11 bits per heavy atom. The molecule has 1 atom stereocenters. The van der Waals surface area contributed by atoms with E-state index >= 15 is 0 Å². The van der Waals surface area contributed by atoms with E-state index in [4.69, 9.17) is 9.47 Å². The van der Waals surface area contributed by atoms with E-state index < -0.39 is 0 Å². The number of nitrogens with one attached hydrogen (secondary N) is 1. The standard InChI is InChI=1S/C15H26N2O2/c1-6-19-8-7-13(16-4)9-14-12(3)15(18-5)11(2)10-17-14/h10,13,16H,6-9H2,1-5H3. The lowest BCUT2D eigenvalue weighted by Crippen LogP contribution is -2.29. The van der Waals surface area contributed by atoms with Gasteiger partial charge in [-0.1, -0.05) is 0 Å². The highest BCUT2D eigenvalue weighted by Gasteiger charge is 2.14. The van der Waals surface area contributed by atoms with E-state index in [1.165, 1.54) is 0 Å². The van der Waals surface area contributed by atoms with Crippen molar-refractivity contribution in [1.82, 2.24) is 10.3 Å². The smallest absolute Gasteiger partial charge is 0.128 e. The van der Waals surface area contributed by atoms with E-state index in [1.54, 1.807) is 7.11 Å². The van der Waals surface area contributed by atoms with Gasteiger partial charge in [0, 0.05) is 48.7 Å². The van der Waals surface area contributed by atoms with E-state index in [2.05, 4.69) is 17.2 Å². The number of hydrogen-bond donors (Lipinski definition) is 1. The van der Waals surface area contributed by atoms with E-state index in [1.807, 2.05) is 27.1 Å². The third-order valence-electron chi connectivity index (χ3n) is 3.41. The molecular formula is C15H26N2O2. The average Bonchev–Trinajstić information content (AvgIpc) is 2.41. The van der Waals surface area contributed by atoms with Crippen molar-refractivity contribution < 1.29 is 9.47 Å². The van der Waals surface area contributed by atoms with Gasteiger partial charge in [-0.05, 0) is 34.2 Å². The summed E-state index contributed by atoms with van der Waals surface area (Å²) in [5, 5.41) is 3.33. The Morgan fingerprint density at radius 3 is 2.68 bits per heavy atom. The summed E-state index contributed by atoms with van der Waals surface area (Å²) < 4.78 is 10.9. The summed E-state index contributed by atoms with van der Waals surface area (Å²) >= 11 is 0. The molecule has 1 rings (SSSR count). The molecule has 4 nitrogen and oxygen atoms in total. The second kappa shape index (κ2) is 8.12. The average molecular weight is 266 g/mol. The maximum atomic E-state index is 5.45. The Hall–Kier alpha value is -1.13. The number of rotatable bonds is 8. The van der Waals surface area contributed by atoms with E-state index in [0.717, 1.165) is 48.6 Å². The first-order valence-electron chi connectivity index (χ1n) is 6.88. The number of pyridine rings is 1. The molecule has 1 aromatic heterocycles. The van der Waals surface area contributed by atoms with E-state index in [9.17, 15) is 0 Å². The van der Waals surface area contributed by atoms with Crippen molar-refractivity contribution in [3.63, 3.8) is 0 Å². The zero-order valence-corrected chi connectivity index (χ0v) is 12.7. The van der Waals surface area contributed by atoms with Gasteiger partial charge in [0.25, 0.3) is 0 Å². The van der Waals surface area contributed by atoms with E-state index in [-0.39, 0.29) is 0 Å². The Morgan fingerprint density at radius 1 is 1.37 bits per heavy atom. The first kappa shape index (κ1) is 15.9. The number of likely N-dealkylation sites (N-methyl/N-ethyl adjacent to an activating group) is 1. The molecule has 0 aromatic carbocycles. The SMILES string of the molecule is CCOCCC(Cc1ncc(C)c(OC)c1C)NC. The molecule has 0 aliphatic heterocycles.